The molecule has 0 radical (unpaired) electrons. The summed E-state index contributed by atoms with van der Waals surface area (Å²) in [4.78, 5) is 32.8. The van der Waals surface area contributed by atoms with Crippen LogP contribution in [0.4, 0.5) is 4.39 Å². The highest BCUT2D eigenvalue weighted by molar-refractivity contribution is 6.42. The average molecular weight is 847 g/mol. The highest BCUT2D eigenvalue weighted by Crippen LogP contribution is 2.42. The predicted molar refractivity (Wildman–Crippen MR) is 228 cm³/mol. The number of halogens is 3. The molecule has 0 fully saturated rings. The second kappa shape index (κ2) is 18.1. The van der Waals surface area contributed by atoms with Gasteiger partial charge in [-0.15, -0.1) is 0 Å². The smallest absolute Gasteiger partial charge is 0.326 e. The molecular formula is C48H42Cl2FN3O6. The molecule has 0 aliphatic carbocycles. The van der Waals surface area contributed by atoms with Crippen LogP contribution in [0.15, 0.2) is 128 Å². The molecule has 9 nitrogen and oxygen atoms in total. The quantitative estimate of drug-likeness (QED) is 0.111. The molecule has 4 unspecified atom stereocenters. The molecule has 8 rings (SSSR count). The topological polar surface area (TPSA) is 110 Å². The SMILES string of the molecule is CCC(c1ccccc1)N1Cc2cc3c(cc2CC1C(=O)NC(Cc1ccc(-c2ccnc(F)c2)cc1)C(=O)O)OCC(c1ccc(OCc2ccc(Cl)c(Cl)c2)cc1)O3. The molecule has 1 aromatic heterocycles. The standard InChI is InChI=1S/C48H42Cl2FN3O6/c1-2-41(32-6-4-3-5-7-32)54-26-36-24-44-43(59-28-45(60-44)33-13-15-37(16-14-33)58-27-30-10-17-38(49)39(50)20-30)23-35(36)22-42(54)47(55)53-40(48(56)57)21-29-8-11-31(12-9-29)34-18-19-52-46(51)25-34/h3-20,23-25,40-42,45H,2,21-22,26-28H2,1H3,(H,53,55)(H,56,57). The number of nitrogens with one attached hydrogen (secondary N) is 1. The van der Waals surface area contributed by atoms with Gasteiger partial charge in [0.25, 0.3) is 0 Å². The number of carbonyl (C=O) groups excluding carboxylic acids is 1. The number of carbonyl (C=O) groups is 2. The van der Waals surface area contributed by atoms with E-state index in [1.807, 2.05) is 60.7 Å². The summed E-state index contributed by atoms with van der Waals surface area (Å²) >= 11 is 12.2. The van der Waals surface area contributed by atoms with Gasteiger partial charge < -0.3 is 24.6 Å². The van der Waals surface area contributed by atoms with Crippen molar-refractivity contribution in [1.82, 2.24) is 15.2 Å². The molecule has 1 amide bonds. The van der Waals surface area contributed by atoms with Crippen molar-refractivity contribution in [1.29, 1.82) is 0 Å². The zero-order valence-corrected chi connectivity index (χ0v) is 34.2. The maximum atomic E-state index is 14.4. The molecule has 306 valence electrons. The fraction of sp³-hybridized carbons (Fsp3) is 0.229. The number of ether oxygens (including phenoxy) is 3. The highest BCUT2D eigenvalue weighted by atomic mass is 35.5. The molecule has 2 aliphatic rings. The molecule has 5 aromatic carbocycles. The number of carboxylic acid groups (broad SMARTS) is 1. The van der Waals surface area contributed by atoms with Crippen LogP contribution >= 0.6 is 23.2 Å². The van der Waals surface area contributed by atoms with E-state index < -0.39 is 24.0 Å². The molecule has 0 bridgehead atoms. The number of amides is 1. The Balaban J connectivity index is 0.991. The van der Waals surface area contributed by atoms with Crippen molar-refractivity contribution in [3.8, 4) is 28.4 Å². The summed E-state index contributed by atoms with van der Waals surface area (Å²) in [6.07, 6.45) is 2.18. The van der Waals surface area contributed by atoms with Crippen molar-refractivity contribution >= 4 is 35.1 Å². The van der Waals surface area contributed by atoms with E-state index in [9.17, 15) is 19.1 Å². The first-order valence-corrected chi connectivity index (χ1v) is 20.5. The maximum absolute atomic E-state index is 14.4. The average Bonchev–Trinajstić information content (AvgIpc) is 3.26. The van der Waals surface area contributed by atoms with Crippen LogP contribution in [0.25, 0.3) is 11.1 Å². The lowest BCUT2D eigenvalue weighted by molar-refractivity contribution is -0.143. The van der Waals surface area contributed by atoms with Crippen molar-refractivity contribution in [3.05, 3.63) is 177 Å². The van der Waals surface area contributed by atoms with Gasteiger partial charge in [0.15, 0.2) is 17.6 Å². The number of hydrogen-bond acceptors (Lipinski definition) is 7. The number of carboxylic acids is 1. The number of aromatic nitrogens is 1. The van der Waals surface area contributed by atoms with E-state index >= 15 is 0 Å². The van der Waals surface area contributed by atoms with Gasteiger partial charge in [0, 0.05) is 31.3 Å². The van der Waals surface area contributed by atoms with Crippen LogP contribution in [-0.4, -0.2) is 45.6 Å². The summed E-state index contributed by atoms with van der Waals surface area (Å²) in [5.41, 5.74) is 6.99. The Morgan fingerprint density at radius 1 is 0.883 bits per heavy atom. The van der Waals surface area contributed by atoms with Crippen LogP contribution in [0.1, 0.15) is 58.9 Å². The van der Waals surface area contributed by atoms with E-state index in [4.69, 9.17) is 37.4 Å². The summed E-state index contributed by atoms with van der Waals surface area (Å²) in [6.45, 7) is 3.15. The summed E-state index contributed by atoms with van der Waals surface area (Å²) in [7, 11) is 0. The second-order valence-electron chi connectivity index (χ2n) is 15.0. The molecule has 60 heavy (non-hydrogen) atoms. The molecule has 0 spiro atoms. The van der Waals surface area contributed by atoms with Gasteiger partial charge in [0.05, 0.1) is 16.1 Å². The van der Waals surface area contributed by atoms with Crippen molar-refractivity contribution < 1.29 is 33.3 Å². The number of benzene rings is 5. The van der Waals surface area contributed by atoms with E-state index in [1.165, 1.54) is 12.3 Å². The minimum atomic E-state index is -1.18. The van der Waals surface area contributed by atoms with E-state index in [2.05, 4.69) is 34.3 Å². The monoisotopic (exact) mass is 845 g/mol. The van der Waals surface area contributed by atoms with Crippen LogP contribution in [0.3, 0.4) is 0 Å². The van der Waals surface area contributed by atoms with Gasteiger partial charge >= 0.3 is 5.97 Å². The summed E-state index contributed by atoms with van der Waals surface area (Å²) in [6, 6.07) is 35.4. The Morgan fingerprint density at radius 2 is 1.63 bits per heavy atom. The third-order valence-corrected chi connectivity index (χ3v) is 11.8. The van der Waals surface area contributed by atoms with Crippen LogP contribution < -0.4 is 19.5 Å². The molecule has 3 heterocycles. The van der Waals surface area contributed by atoms with E-state index in [1.54, 1.807) is 42.5 Å². The molecule has 0 saturated heterocycles. The highest BCUT2D eigenvalue weighted by Gasteiger charge is 2.39. The lowest BCUT2D eigenvalue weighted by atomic mass is 9.89. The molecule has 12 heteroatoms. The largest absolute Gasteiger partial charge is 0.489 e. The fourth-order valence-corrected chi connectivity index (χ4v) is 8.26. The molecule has 4 atom stereocenters. The molecule has 6 aromatic rings. The van der Waals surface area contributed by atoms with Gasteiger partial charge in [0.1, 0.15) is 25.0 Å². The molecule has 2 aliphatic heterocycles. The van der Waals surface area contributed by atoms with Gasteiger partial charge in [-0.2, -0.15) is 4.39 Å². The van der Waals surface area contributed by atoms with Crippen molar-refractivity contribution in [2.45, 2.75) is 63.6 Å². The van der Waals surface area contributed by atoms with E-state index in [0.29, 0.717) is 58.0 Å². The Morgan fingerprint density at radius 3 is 2.35 bits per heavy atom. The van der Waals surface area contributed by atoms with Crippen LogP contribution in [-0.2, 0) is 35.6 Å². The van der Waals surface area contributed by atoms with Crippen molar-refractivity contribution in [2.75, 3.05) is 6.61 Å². The maximum Gasteiger partial charge on any atom is 0.326 e. The van der Waals surface area contributed by atoms with Gasteiger partial charge in [-0.05, 0) is 99.8 Å². The number of fused-ring (bicyclic) bond motifs is 2. The summed E-state index contributed by atoms with van der Waals surface area (Å²) in [5, 5.41) is 14.2. The summed E-state index contributed by atoms with van der Waals surface area (Å²) < 4.78 is 32.6. The predicted octanol–water partition coefficient (Wildman–Crippen LogP) is 9.98. The third-order valence-electron chi connectivity index (χ3n) is 11.1. The number of nitrogens with zero attached hydrogens (tertiary/aromatic N) is 2. The van der Waals surface area contributed by atoms with Crippen molar-refractivity contribution in [2.24, 2.45) is 0 Å². The Labute approximate surface area is 357 Å². The number of pyridine rings is 1. The van der Waals surface area contributed by atoms with E-state index in [-0.39, 0.29) is 31.1 Å². The number of hydrogen-bond donors (Lipinski definition) is 2. The lowest BCUT2D eigenvalue weighted by Gasteiger charge is -2.42. The van der Waals surface area contributed by atoms with Crippen LogP contribution in [0, 0.1) is 5.95 Å². The lowest BCUT2D eigenvalue weighted by Crippen LogP contribution is -2.55. The Kier molecular flexibility index (Phi) is 12.3. The first-order valence-electron chi connectivity index (χ1n) is 19.8. The summed E-state index contributed by atoms with van der Waals surface area (Å²) in [5.74, 6) is -0.184. The molecule has 0 saturated carbocycles. The van der Waals surface area contributed by atoms with Crippen LogP contribution in [0.5, 0.6) is 17.2 Å². The first-order chi connectivity index (χ1) is 29.1. The molecular weight excluding hydrogens is 804 g/mol. The Hall–Kier alpha value is -5.94. The van der Waals surface area contributed by atoms with Gasteiger partial charge in [-0.3, -0.25) is 9.69 Å². The molecule has 2 N–H and O–H groups in total. The van der Waals surface area contributed by atoms with Gasteiger partial charge in [-0.25, -0.2) is 9.78 Å². The van der Waals surface area contributed by atoms with Gasteiger partial charge in [-0.1, -0.05) is 103 Å². The number of rotatable bonds is 13. The normalized spacial score (nSPS) is 16.9. The van der Waals surface area contributed by atoms with E-state index in [0.717, 1.165) is 39.8 Å². The minimum Gasteiger partial charge on any atom is -0.489 e. The second-order valence-corrected chi connectivity index (χ2v) is 15.8. The van der Waals surface area contributed by atoms with Crippen LogP contribution in [0.2, 0.25) is 10.0 Å². The fourth-order valence-electron chi connectivity index (χ4n) is 7.94. The first kappa shape index (κ1) is 40.8. The minimum absolute atomic E-state index is 0.0690. The Bertz CT molecular complexity index is 2490. The van der Waals surface area contributed by atoms with Gasteiger partial charge in [0.2, 0.25) is 11.9 Å². The zero-order chi connectivity index (χ0) is 41.8. The number of aliphatic carboxylic acids is 1. The third kappa shape index (κ3) is 9.26. The zero-order valence-electron chi connectivity index (χ0n) is 32.7. The van der Waals surface area contributed by atoms with Crippen molar-refractivity contribution in [3.63, 3.8) is 0 Å².